The number of carbonyl (C=O) groups is 4. The van der Waals surface area contributed by atoms with Gasteiger partial charge in [0.1, 0.15) is 0 Å². The highest BCUT2D eigenvalue weighted by atomic mass is 16.2. The zero-order chi connectivity index (χ0) is 14.6. The third-order valence-electron chi connectivity index (χ3n) is 3.58. The first-order chi connectivity index (χ1) is 9.41. The molecule has 6 nitrogen and oxygen atoms in total. The molecule has 1 aromatic carbocycles. The van der Waals surface area contributed by atoms with Gasteiger partial charge in [-0.05, 0) is 26.0 Å². The zero-order valence-corrected chi connectivity index (χ0v) is 10.8. The SMILES string of the molecule is CC1=c2c(ccc3c2=C(C)C(=O)NC3=O)C(=O)NC1=O. The van der Waals surface area contributed by atoms with Gasteiger partial charge in [0.2, 0.25) is 0 Å². The maximum absolute atomic E-state index is 11.9. The molecule has 0 bridgehead atoms. The van der Waals surface area contributed by atoms with Crippen LogP contribution in [0.2, 0.25) is 0 Å². The first kappa shape index (κ1) is 12.3. The van der Waals surface area contributed by atoms with Gasteiger partial charge in [-0.2, -0.15) is 0 Å². The Kier molecular flexibility index (Phi) is 2.37. The normalized spacial score (nSPS) is 17.5. The van der Waals surface area contributed by atoms with Crippen molar-refractivity contribution in [3.63, 3.8) is 0 Å². The number of nitrogens with one attached hydrogen (secondary N) is 2. The zero-order valence-electron chi connectivity index (χ0n) is 10.8. The van der Waals surface area contributed by atoms with Crippen LogP contribution in [0.15, 0.2) is 12.1 Å². The van der Waals surface area contributed by atoms with Crippen molar-refractivity contribution in [2.75, 3.05) is 0 Å². The lowest BCUT2D eigenvalue weighted by molar-refractivity contribution is -0.116. The van der Waals surface area contributed by atoms with E-state index in [0.717, 1.165) is 0 Å². The monoisotopic (exact) mass is 270 g/mol. The van der Waals surface area contributed by atoms with Gasteiger partial charge in [0.15, 0.2) is 0 Å². The molecule has 100 valence electrons. The van der Waals surface area contributed by atoms with Crippen LogP contribution >= 0.6 is 0 Å². The van der Waals surface area contributed by atoms with Crippen molar-refractivity contribution < 1.29 is 19.2 Å². The van der Waals surface area contributed by atoms with Crippen LogP contribution in [0.4, 0.5) is 0 Å². The quantitative estimate of drug-likeness (QED) is 0.565. The summed E-state index contributed by atoms with van der Waals surface area (Å²) < 4.78 is 0. The van der Waals surface area contributed by atoms with Gasteiger partial charge in [0.25, 0.3) is 23.6 Å². The number of benzene rings is 1. The summed E-state index contributed by atoms with van der Waals surface area (Å²) in [5, 5.41) is 5.18. The average molecular weight is 270 g/mol. The minimum atomic E-state index is -0.523. The Hall–Kier alpha value is -2.76. The van der Waals surface area contributed by atoms with Gasteiger partial charge in [0, 0.05) is 32.7 Å². The van der Waals surface area contributed by atoms with Gasteiger partial charge in [-0.25, -0.2) is 0 Å². The Morgan fingerprint density at radius 2 is 1.00 bits per heavy atom. The second kappa shape index (κ2) is 3.86. The molecule has 2 N–H and O–H groups in total. The molecule has 3 rings (SSSR count). The fourth-order valence-electron chi connectivity index (χ4n) is 2.52. The number of carbonyl (C=O) groups excluding carboxylic acids is 4. The largest absolute Gasteiger partial charge is 0.288 e. The molecule has 0 aliphatic carbocycles. The lowest BCUT2D eigenvalue weighted by Crippen LogP contribution is -2.53. The molecule has 0 aromatic heterocycles. The Bertz CT molecular complexity index is 778. The maximum Gasteiger partial charge on any atom is 0.258 e. The molecule has 2 aliphatic heterocycles. The summed E-state index contributed by atoms with van der Waals surface area (Å²) in [5.74, 6) is -2.07. The van der Waals surface area contributed by atoms with Crippen LogP contribution in [0.1, 0.15) is 34.6 Å². The predicted molar refractivity (Wildman–Crippen MR) is 68.8 cm³/mol. The molecule has 0 radical (unpaired) electrons. The van der Waals surface area contributed by atoms with Crippen LogP contribution in [0.3, 0.4) is 0 Å². The number of hydrogen-bond donors (Lipinski definition) is 2. The molecule has 2 aliphatic rings. The van der Waals surface area contributed by atoms with Gasteiger partial charge in [-0.1, -0.05) is 0 Å². The summed E-state index contributed by atoms with van der Waals surface area (Å²) in [5.41, 5.74) is 1.22. The van der Waals surface area contributed by atoms with E-state index in [4.69, 9.17) is 0 Å². The number of hydrogen-bond acceptors (Lipinski definition) is 4. The lowest BCUT2D eigenvalue weighted by Gasteiger charge is -2.18. The Morgan fingerprint density at radius 1 is 0.650 bits per heavy atom. The molecule has 20 heavy (non-hydrogen) atoms. The topological polar surface area (TPSA) is 92.3 Å². The molecule has 0 fully saturated rings. The maximum atomic E-state index is 11.9. The van der Waals surface area contributed by atoms with Crippen molar-refractivity contribution in [2.24, 2.45) is 0 Å². The standard InChI is InChI=1S/C14H10N2O4/c1-5-9-7(13(19)15-11(5)17)3-4-8-10(9)6(2)12(18)16-14(8)20/h3-4H,1-2H3,(H,15,17,19)(H,16,18,20). The van der Waals surface area contributed by atoms with E-state index >= 15 is 0 Å². The Labute approximate surface area is 113 Å². The number of imide groups is 2. The fraction of sp³-hybridized carbons (Fsp3) is 0.143. The smallest absolute Gasteiger partial charge is 0.258 e. The first-order valence-electron chi connectivity index (χ1n) is 5.98. The third kappa shape index (κ3) is 1.45. The fourth-order valence-corrected chi connectivity index (χ4v) is 2.52. The Morgan fingerprint density at radius 3 is 1.35 bits per heavy atom. The molecule has 6 heteroatoms. The van der Waals surface area contributed by atoms with Crippen molar-refractivity contribution >= 4 is 34.8 Å². The van der Waals surface area contributed by atoms with Gasteiger partial charge in [-0.3, -0.25) is 29.8 Å². The van der Waals surface area contributed by atoms with Gasteiger partial charge in [0.05, 0.1) is 0 Å². The summed E-state index contributed by atoms with van der Waals surface area (Å²) in [6, 6.07) is 2.98. The van der Waals surface area contributed by atoms with Gasteiger partial charge >= 0.3 is 0 Å². The first-order valence-corrected chi connectivity index (χ1v) is 5.98. The van der Waals surface area contributed by atoms with Crippen molar-refractivity contribution in [3.8, 4) is 0 Å². The van der Waals surface area contributed by atoms with Crippen LogP contribution in [0.25, 0.3) is 11.1 Å². The predicted octanol–water partition coefficient (Wildman–Crippen LogP) is -1.43. The lowest BCUT2D eigenvalue weighted by atomic mass is 9.93. The minimum absolute atomic E-state index is 0.294. The average Bonchev–Trinajstić information content (AvgIpc) is 2.41. The summed E-state index contributed by atoms with van der Waals surface area (Å²) in [6.07, 6.45) is 0. The summed E-state index contributed by atoms with van der Waals surface area (Å²) in [7, 11) is 0. The molecule has 2 heterocycles. The second-order valence-electron chi connectivity index (χ2n) is 4.73. The molecule has 0 spiro atoms. The van der Waals surface area contributed by atoms with Crippen molar-refractivity contribution in [3.05, 3.63) is 33.7 Å². The van der Waals surface area contributed by atoms with E-state index in [9.17, 15) is 19.2 Å². The van der Waals surface area contributed by atoms with Crippen LogP contribution in [-0.2, 0) is 9.59 Å². The minimum Gasteiger partial charge on any atom is -0.288 e. The van der Waals surface area contributed by atoms with E-state index in [1.54, 1.807) is 13.8 Å². The van der Waals surface area contributed by atoms with Crippen LogP contribution in [0.5, 0.6) is 0 Å². The van der Waals surface area contributed by atoms with E-state index in [-0.39, 0.29) is 0 Å². The molecule has 0 unspecified atom stereocenters. The molecule has 0 atom stereocenters. The van der Waals surface area contributed by atoms with Gasteiger partial charge in [-0.15, -0.1) is 0 Å². The summed E-state index contributed by atoms with van der Waals surface area (Å²) >= 11 is 0. The van der Waals surface area contributed by atoms with Gasteiger partial charge < -0.3 is 0 Å². The molecule has 4 amide bonds. The van der Waals surface area contributed by atoms with Crippen molar-refractivity contribution in [2.45, 2.75) is 13.8 Å². The van der Waals surface area contributed by atoms with Crippen LogP contribution < -0.4 is 21.1 Å². The van der Waals surface area contributed by atoms with E-state index in [0.29, 0.717) is 32.7 Å². The highest BCUT2D eigenvalue weighted by molar-refractivity contribution is 6.27. The second-order valence-corrected chi connectivity index (χ2v) is 4.73. The number of amides is 4. The summed E-state index contributed by atoms with van der Waals surface area (Å²) in [6.45, 7) is 3.12. The van der Waals surface area contributed by atoms with E-state index in [1.807, 2.05) is 0 Å². The highest BCUT2D eigenvalue weighted by Crippen LogP contribution is 2.07. The summed E-state index contributed by atoms with van der Waals surface area (Å²) in [4.78, 5) is 47.2. The van der Waals surface area contributed by atoms with E-state index < -0.39 is 23.6 Å². The Balaban J connectivity index is 2.65. The molecule has 0 saturated heterocycles. The molecular formula is C14H10N2O4. The van der Waals surface area contributed by atoms with E-state index in [2.05, 4.69) is 10.6 Å². The van der Waals surface area contributed by atoms with E-state index in [1.165, 1.54) is 12.1 Å². The van der Waals surface area contributed by atoms with Crippen LogP contribution in [0, 0.1) is 0 Å². The molecule has 0 saturated carbocycles. The van der Waals surface area contributed by atoms with Crippen LogP contribution in [-0.4, -0.2) is 23.6 Å². The third-order valence-corrected chi connectivity index (χ3v) is 3.58. The number of rotatable bonds is 0. The molecule has 1 aromatic rings. The molecular weight excluding hydrogens is 260 g/mol. The van der Waals surface area contributed by atoms with Crippen molar-refractivity contribution in [1.29, 1.82) is 0 Å². The van der Waals surface area contributed by atoms with Crippen molar-refractivity contribution in [1.82, 2.24) is 10.6 Å². The number of fused-ring (bicyclic) bond motifs is 3. The highest BCUT2D eigenvalue weighted by Gasteiger charge is 2.28.